The molecule has 7 heteroatoms. The first-order valence-corrected chi connectivity index (χ1v) is 8.87. The first-order chi connectivity index (χ1) is 13.6. The monoisotopic (exact) mass is 375 g/mol. The Morgan fingerprint density at radius 1 is 0.929 bits per heavy atom. The van der Waals surface area contributed by atoms with Gasteiger partial charge in [-0.1, -0.05) is 18.2 Å². The average Bonchev–Trinajstić information content (AvgIpc) is 2.73. The van der Waals surface area contributed by atoms with E-state index in [1.165, 1.54) is 6.20 Å². The van der Waals surface area contributed by atoms with Crippen LogP contribution in [0.15, 0.2) is 67.3 Å². The van der Waals surface area contributed by atoms with E-state index in [0.717, 1.165) is 11.1 Å². The minimum atomic E-state index is -0.259. The summed E-state index contributed by atoms with van der Waals surface area (Å²) in [6.07, 6.45) is 7.56. The van der Waals surface area contributed by atoms with Crippen molar-refractivity contribution in [2.24, 2.45) is 0 Å². The molecule has 3 rings (SSSR count). The van der Waals surface area contributed by atoms with Crippen LogP contribution in [0.2, 0.25) is 0 Å². The van der Waals surface area contributed by atoms with Gasteiger partial charge >= 0.3 is 0 Å². The molecule has 7 nitrogen and oxygen atoms in total. The maximum atomic E-state index is 12.3. The van der Waals surface area contributed by atoms with E-state index in [1.807, 2.05) is 24.3 Å². The third-order valence-corrected chi connectivity index (χ3v) is 4.17. The first-order valence-electron chi connectivity index (χ1n) is 8.87. The van der Waals surface area contributed by atoms with Crippen molar-refractivity contribution in [3.8, 4) is 0 Å². The Balaban J connectivity index is 1.48. The van der Waals surface area contributed by atoms with Crippen LogP contribution < -0.4 is 16.4 Å². The zero-order valence-corrected chi connectivity index (χ0v) is 15.3. The zero-order valence-electron chi connectivity index (χ0n) is 15.3. The lowest BCUT2D eigenvalue weighted by Crippen LogP contribution is -2.23. The number of nitrogen functional groups attached to an aromatic ring is 1. The quantitative estimate of drug-likeness (QED) is 0.588. The van der Waals surface area contributed by atoms with E-state index in [2.05, 4.69) is 20.6 Å². The van der Waals surface area contributed by atoms with Gasteiger partial charge in [-0.2, -0.15) is 0 Å². The summed E-state index contributed by atoms with van der Waals surface area (Å²) in [4.78, 5) is 32.2. The molecule has 0 radical (unpaired) electrons. The molecule has 0 fully saturated rings. The third kappa shape index (κ3) is 5.38. The summed E-state index contributed by atoms with van der Waals surface area (Å²) >= 11 is 0. The lowest BCUT2D eigenvalue weighted by Gasteiger charge is -2.09. The van der Waals surface area contributed by atoms with Crippen molar-refractivity contribution in [3.05, 3.63) is 83.9 Å². The van der Waals surface area contributed by atoms with Gasteiger partial charge in [-0.25, -0.2) is 0 Å². The fourth-order valence-electron chi connectivity index (χ4n) is 2.58. The second kappa shape index (κ2) is 9.27. The number of carbonyl (C=O) groups is 2. The highest BCUT2D eigenvalue weighted by Gasteiger charge is 2.08. The summed E-state index contributed by atoms with van der Waals surface area (Å²) in [5.41, 5.74) is 9.15. The number of aromatic nitrogens is 2. The Morgan fingerprint density at radius 2 is 1.71 bits per heavy atom. The Morgan fingerprint density at radius 3 is 2.43 bits per heavy atom. The first kappa shape index (κ1) is 19.0. The van der Waals surface area contributed by atoms with Gasteiger partial charge in [0.05, 0.1) is 17.6 Å². The molecular weight excluding hydrogens is 354 g/mol. The molecule has 2 amide bonds. The van der Waals surface area contributed by atoms with Gasteiger partial charge in [0.2, 0.25) is 5.91 Å². The van der Waals surface area contributed by atoms with Crippen LogP contribution in [0.4, 0.5) is 11.4 Å². The van der Waals surface area contributed by atoms with Crippen molar-refractivity contribution in [2.75, 3.05) is 11.1 Å². The topological polar surface area (TPSA) is 110 Å². The molecular formula is C21H21N5O2. The maximum Gasteiger partial charge on any atom is 0.255 e. The minimum Gasteiger partial charge on any atom is -0.396 e. The van der Waals surface area contributed by atoms with E-state index < -0.39 is 0 Å². The summed E-state index contributed by atoms with van der Waals surface area (Å²) in [5, 5.41) is 5.63. The van der Waals surface area contributed by atoms with Crippen molar-refractivity contribution in [1.82, 2.24) is 15.3 Å². The summed E-state index contributed by atoms with van der Waals surface area (Å²) in [6.45, 7) is 0.408. The minimum absolute atomic E-state index is 0.0289. The van der Waals surface area contributed by atoms with Gasteiger partial charge in [-0.05, 0) is 41.8 Å². The van der Waals surface area contributed by atoms with Crippen LogP contribution in [-0.4, -0.2) is 21.8 Å². The van der Waals surface area contributed by atoms with Crippen molar-refractivity contribution < 1.29 is 9.59 Å². The van der Waals surface area contributed by atoms with E-state index in [4.69, 9.17) is 5.73 Å². The predicted octanol–water partition coefficient (Wildman–Crippen LogP) is 2.56. The van der Waals surface area contributed by atoms with Crippen LogP contribution >= 0.6 is 0 Å². The number of anilines is 2. The fraction of sp³-hybridized carbons (Fsp3) is 0.143. The molecule has 0 saturated heterocycles. The number of amides is 2. The van der Waals surface area contributed by atoms with Crippen LogP contribution in [0, 0.1) is 0 Å². The standard InChI is InChI=1S/C21H21N5O2/c22-18-14-24-11-9-19(18)26-21(28)17-6-3-16(4-7-17)13-25-20(27)8-5-15-2-1-10-23-12-15/h1-4,6-7,9-12,14H,5,8,13,22H2,(H,25,27)(H,24,26,28). The lowest BCUT2D eigenvalue weighted by molar-refractivity contribution is -0.121. The van der Waals surface area contributed by atoms with Gasteiger partial charge < -0.3 is 16.4 Å². The largest absolute Gasteiger partial charge is 0.396 e. The number of nitrogens with two attached hydrogens (primary N) is 1. The SMILES string of the molecule is Nc1cnccc1NC(=O)c1ccc(CNC(=O)CCc2cccnc2)cc1. The summed E-state index contributed by atoms with van der Waals surface area (Å²) in [7, 11) is 0. The molecule has 2 aromatic heterocycles. The van der Waals surface area contributed by atoms with Crippen LogP contribution in [0.5, 0.6) is 0 Å². The van der Waals surface area contributed by atoms with Crippen molar-refractivity contribution in [2.45, 2.75) is 19.4 Å². The second-order valence-electron chi connectivity index (χ2n) is 6.25. The highest BCUT2D eigenvalue weighted by Crippen LogP contribution is 2.16. The molecule has 4 N–H and O–H groups in total. The summed E-state index contributed by atoms with van der Waals surface area (Å²) < 4.78 is 0. The molecule has 0 unspecified atom stereocenters. The normalized spacial score (nSPS) is 10.3. The molecule has 0 bridgehead atoms. The number of hydrogen-bond donors (Lipinski definition) is 3. The predicted molar refractivity (Wildman–Crippen MR) is 107 cm³/mol. The van der Waals surface area contributed by atoms with Crippen LogP contribution in [0.25, 0.3) is 0 Å². The molecule has 0 spiro atoms. The molecule has 0 aliphatic rings. The highest BCUT2D eigenvalue weighted by atomic mass is 16.2. The molecule has 0 aliphatic carbocycles. The number of hydrogen-bond acceptors (Lipinski definition) is 5. The molecule has 142 valence electrons. The molecule has 3 aromatic rings. The highest BCUT2D eigenvalue weighted by molar-refractivity contribution is 6.05. The van der Waals surface area contributed by atoms with Crippen molar-refractivity contribution in [1.29, 1.82) is 0 Å². The molecule has 2 heterocycles. The summed E-state index contributed by atoms with van der Waals surface area (Å²) in [5.74, 6) is -0.288. The van der Waals surface area contributed by atoms with E-state index in [-0.39, 0.29) is 11.8 Å². The third-order valence-electron chi connectivity index (χ3n) is 4.17. The van der Waals surface area contributed by atoms with E-state index in [0.29, 0.717) is 36.3 Å². The molecule has 1 aromatic carbocycles. The number of aryl methyl sites for hydroxylation is 1. The van der Waals surface area contributed by atoms with Gasteiger partial charge in [0.15, 0.2) is 0 Å². The van der Waals surface area contributed by atoms with Gasteiger partial charge in [0.1, 0.15) is 0 Å². The Bertz CT molecular complexity index is 943. The maximum absolute atomic E-state index is 12.3. The number of nitrogens with zero attached hydrogens (tertiary/aromatic N) is 2. The Hall–Kier alpha value is -3.74. The lowest BCUT2D eigenvalue weighted by atomic mass is 10.1. The van der Waals surface area contributed by atoms with E-state index in [9.17, 15) is 9.59 Å². The molecule has 0 saturated carbocycles. The van der Waals surface area contributed by atoms with E-state index >= 15 is 0 Å². The fourth-order valence-corrected chi connectivity index (χ4v) is 2.58. The average molecular weight is 375 g/mol. The summed E-state index contributed by atoms with van der Waals surface area (Å²) in [6, 6.07) is 12.5. The number of pyridine rings is 2. The number of nitrogens with one attached hydrogen (secondary N) is 2. The number of benzene rings is 1. The number of rotatable bonds is 7. The van der Waals surface area contributed by atoms with Crippen LogP contribution in [-0.2, 0) is 17.8 Å². The van der Waals surface area contributed by atoms with Gasteiger partial charge in [-0.15, -0.1) is 0 Å². The molecule has 28 heavy (non-hydrogen) atoms. The van der Waals surface area contributed by atoms with Gasteiger partial charge in [0.25, 0.3) is 5.91 Å². The van der Waals surface area contributed by atoms with Crippen molar-refractivity contribution >= 4 is 23.2 Å². The smallest absolute Gasteiger partial charge is 0.255 e. The number of carbonyl (C=O) groups excluding carboxylic acids is 2. The van der Waals surface area contributed by atoms with E-state index in [1.54, 1.807) is 36.8 Å². The molecule has 0 atom stereocenters. The van der Waals surface area contributed by atoms with Crippen LogP contribution in [0.1, 0.15) is 27.9 Å². The van der Waals surface area contributed by atoms with Gasteiger partial charge in [0, 0.05) is 37.1 Å². The van der Waals surface area contributed by atoms with Crippen LogP contribution in [0.3, 0.4) is 0 Å². The van der Waals surface area contributed by atoms with Gasteiger partial charge in [-0.3, -0.25) is 19.6 Å². The zero-order chi connectivity index (χ0) is 19.8. The Kier molecular flexibility index (Phi) is 6.30. The Labute approximate surface area is 163 Å². The second-order valence-corrected chi connectivity index (χ2v) is 6.25. The molecule has 0 aliphatic heterocycles. The van der Waals surface area contributed by atoms with Crippen molar-refractivity contribution in [3.63, 3.8) is 0 Å².